The summed E-state index contributed by atoms with van der Waals surface area (Å²) in [7, 11) is 5.31. The van der Waals surface area contributed by atoms with E-state index < -0.39 is 57.9 Å². The molecule has 3 fully saturated rings. The smallest absolute Gasteiger partial charge is 0.416 e. The molecule has 23 heteroatoms. The Hall–Kier alpha value is -8.38. The summed E-state index contributed by atoms with van der Waals surface area (Å²) in [5.74, 6) is -1.77. The average molecular weight is 1360 g/mol. The number of nitrogens with one attached hydrogen (secondary N) is 2. The van der Waals surface area contributed by atoms with Gasteiger partial charge in [0, 0.05) is 114 Å². The van der Waals surface area contributed by atoms with Crippen LogP contribution in [0.5, 0.6) is 0 Å². The van der Waals surface area contributed by atoms with Gasteiger partial charge in [-0.2, -0.15) is 26.3 Å². The van der Waals surface area contributed by atoms with Gasteiger partial charge in [0.15, 0.2) is 0 Å². The van der Waals surface area contributed by atoms with E-state index in [0.29, 0.717) is 107 Å². The van der Waals surface area contributed by atoms with Crippen LogP contribution in [0.25, 0.3) is 11.1 Å². The Labute approximate surface area is 568 Å². The predicted octanol–water partition coefficient (Wildman–Crippen LogP) is 13.0. The Morgan fingerprint density at radius 2 is 1.29 bits per heavy atom. The number of hydrogen-bond donors (Lipinski definition) is 2. The number of halogens is 7. The van der Waals surface area contributed by atoms with Crippen LogP contribution in [0.1, 0.15) is 113 Å². The molecule has 98 heavy (non-hydrogen) atoms. The molecule has 0 saturated carbocycles. The molecule has 0 bridgehead atoms. The summed E-state index contributed by atoms with van der Waals surface area (Å²) in [6.07, 6.45) is -4.02. The lowest BCUT2D eigenvalue weighted by atomic mass is 9.72. The number of alkyl halides is 6. The lowest BCUT2D eigenvalue weighted by Gasteiger charge is -2.46. The maximum atomic E-state index is 14.3. The minimum absolute atomic E-state index is 0.0158. The summed E-state index contributed by atoms with van der Waals surface area (Å²) in [6, 6.07) is 39.4. The van der Waals surface area contributed by atoms with Crippen LogP contribution < -0.4 is 10.6 Å². The van der Waals surface area contributed by atoms with Crippen LogP contribution in [0.3, 0.4) is 0 Å². The van der Waals surface area contributed by atoms with Crippen LogP contribution in [0.15, 0.2) is 146 Å². The number of ether oxygens (including phenoxy) is 3. The van der Waals surface area contributed by atoms with Crippen molar-refractivity contribution in [3.05, 3.63) is 190 Å². The van der Waals surface area contributed by atoms with E-state index in [-0.39, 0.29) is 68.7 Å². The van der Waals surface area contributed by atoms with Gasteiger partial charge in [-0.05, 0) is 154 Å². The van der Waals surface area contributed by atoms with Crippen LogP contribution in [0, 0.1) is 5.82 Å². The van der Waals surface area contributed by atoms with Gasteiger partial charge in [0.1, 0.15) is 24.1 Å². The van der Waals surface area contributed by atoms with Crippen molar-refractivity contribution >= 4 is 41.1 Å². The molecular formula is C75H87F7N8O8. The minimum atomic E-state index is -5.14. The number of likely N-dealkylation sites (tertiary alicyclic amines) is 2. The van der Waals surface area contributed by atoms with Gasteiger partial charge in [-0.25, -0.2) is 9.18 Å². The fourth-order valence-electron chi connectivity index (χ4n) is 13.9. The monoisotopic (exact) mass is 1360 g/mol. The number of rotatable bonds is 26. The number of amides is 5. The molecule has 0 radical (unpaired) electrons. The topological polar surface area (TPSA) is 157 Å². The van der Waals surface area contributed by atoms with Gasteiger partial charge < -0.3 is 48.9 Å². The number of benzene rings is 6. The quantitative estimate of drug-likeness (QED) is 0.0394. The molecule has 3 aliphatic heterocycles. The van der Waals surface area contributed by atoms with Gasteiger partial charge in [0.05, 0.1) is 36.1 Å². The Morgan fingerprint density at radius 1 is 0.643 bits per heavy atom. The maximum Gasteiger partial charge on any atom is 0.416 e. The fraction of sp³-hybridized carbons (Fsp3) is 0.453. The average Bonchev–Trinajstić information content (AvgIpc) is 1.56. The molecule has 3 heterocycles. The summed E-state index contributed by atoms with van der Waals surface area (Å²) in [4.78, 5) is 77.7. The van der Waals surface area contributed by atoms with E-state index in [1.807, 2.05) is 85.9 Å². The van der Waals surface area contributed by atoms with Crippen molar-refractivity contribution in [2.75, 3.05) is 124 Å². The van der Waals surface area contributed by atoms with E-state index in [4.69, 9.17) is 14.2 Å². The second-order valence-electron chi connectivity index (χ2n) is 26.3. The number of unbranched alkanes of at least 4 members (excludes halogenated alkanes) is 2. The van der Waals surface area contributed by atoms with Crippen molar-refractivity contribution in [1.29, 1.82) is 0 Å². The maximum absolute atomic E-state index is 14.3. The summed E-state index contributed by atoms with van der Waals surface area (Å²) < 4.78 is 116. The highest BCUT2D eigenvalue weighted by atomic mass is 19.4. The zero-order chi connectivity index (χ0) is 69.6. The molecule has 10 rings (SSSR count). The van der Waals surface area contributed by atoms with Gasteiger partial charge in [-0.3, -0.25) is 24.5 Å². The number of hydrogen-bond acceptors (Lipinski definition) is 11. The zero-order valence-electron chi connectivity index (χ0n) is 55.8. The van der Waals surface area contributed by atoms with Crippen molar-refractivity contribution in [1.82, 2.24) is 29.4 Å². The van der Waals surface area contributed by atoms with Gasteiger partial charge >= 0.3 is 18.4 Å². The molecule has 2 atom stereocenters. The zero-order valence-corrected chi connectivity index (χ0v) is 55.8. The Kier molecular flexibility index (Phi) is 24.0. The number of nitrogens with zero attached hydrogens (tertiary/aromatic N) is 6. The molecule has 5 amide bonds. The van der Waals surface area contributed by atoms with Crippen molar-refractivity contribution < 1.29 is 68.9 Å². The largest absolute Gasteiger partial charge is 0.446 e. The third-order valence-electron chi connectivity index (χ3n) is 19.8. The number of carbonyl (C=O) groups excluding carboxylic acids is 5. The molecule has 6 aromatic carbocycles. The molecular weight excluding hydrogens is 1270 g/mol. The molecule has 2 N–H and O–H groups in total. The highest BCUT2D eigenvalue weighted by Gasteiger charge is 2.50. The van der Waals surface area contributed by atoms with Crippen molar-refractivity contribution in [2.24, 2.45) is 0 Å². The highest BCUT2D eigenvalue weighted by molar-refractivity contribution is 5.95. The Balaban J connectivity index is 0.609. The molecule has 0 unspecified atom stereocenters. The van der Waals surface area contributed by atoms with E-state index in [1.54, 1.807) is 40.9 Å². The van der Waals surface area contributed by atoms with Crippen LogP contribution in [0.2, 0.25) is 0 Å². The van der Waals surface area contributed by atoms with E-state index >= 15 is 0 Å². The van der Waals surface area contributed by atoms with Crippen molar-refractivity contribution in [2.45, 2.75) is 106 Å². The summed E-state index contributed by atoms with van der Waals surface area (Å²) in [5.41, 5.74) is 1.23. The summed E-state index contributed by atoms with van der Waals surface area (Å²) in [5, 5.41) is 6.35. The van der Waals surface area contributed by atoms with Gasteiger partial charge in [0.25, 0.3) is 11.8 Å². The molecule has 524 valence electrons. The van der Waals surface area contributed by atoms with E-state index in [1.165, 1.54) is 29.2 Å². The van der Waals surface area contributed by atoms with Gasteiger partial charge in [0.2, 0.25) is 11.8 Å². The van der Waals surface area contributed by atoms with Gasteiger partial charge in [-0.1, -0.05) is 91.3 Å². The molecule has 1 spiro atoms. The molecule has 4 aliphatic rings. The number of piperidine rings is 2. The molecule has 0 aromatic heterocycles. The predicted molar refractivity (Wildman–Crippen MR) is 360 cm³/mol. The number of carbonyl (C=O) groups is 5. The van der Waals surface area contributed by atoms with Crippen LogP contribution >= 0.6 is 0 Å². The highest BCUT2D eigenvalue weighted by Crippen LogP contribution is 2.48. The first-order valence-electron chi connectivity index (χ1n) is 33.8. The van der Waals surface area contributed by atoms with Crippen molar-refractivity contribution in [3.63, 3.8) is 0 Å². The third-order valence-corrected chi connectivity index (χ3v) is 19.8. The van der Waals surface area contributed by atoms with Crippen LogP contribution in [0.4, 0.5) is 46.9 Å². The molecule has 16 nitrogen and oxygen atoms in total. The Bertz CT molecular complexity index is 3650. The standard InChI is InChI=1S/C75H87F7N8O8/c1-85(36-14-37-87(3)69(93)54-22-28-61(29-23-54)83-35-13-5-8-21-67(91)86(2)43-44-88-38-30-62(31-39-88)98-71(95)84-65-20-12-10-18-63(65)53-15-6-4-7-16-53)68(92)51-96-66-49-55-17-9-11-19-64(55)72(66)32-40-89(41-33-72)42-34-73(57-24-26-60(76)27-25-57)52-90(45-46-97-73)70(94)56-47-58(74(77,78)79)50-59(48-56)75(80,81)82/h4,6-7,9-12,15-20,22-29,47-48,50,62,66,83H,5,8,13-14,21,30-46,49,51-52H2,1-3H3,(H,84,95)/t66-,73+/m0/s1. The first-order chi connectivity index (χ1) is 47.0. The first kappa shape index (κ1) is 72.4. The summed E-state index contributed by atoms with van der Waals surface area (Å²) in [6.45, 7) is 5.57. The number of para-hydroxylation sites is 1. The minimum Gasteiger partial charge on any atom is -0.446 e. The third kappa shape index (κ3) is 18.5. The van der Waals surface area contributed by atoms with Crippen LogP contribution in [-0.2, 0) is 53.6 Å². The van der Waals surface area contributed by atoms with Crippen molar-refractivity contribution in [3.8, 4) is 11.1 Å². The SMILES string of the molecule is CN(CCN1CCC(OC(=O)Nc2ccccc2-c2ccccc2)CC1)C(=O)CCCCCNc1ccc(C(=O)N(C)CCCN(C)C(=O)CO[C@H]2Cc3ccccc3C23CCN(CC[C@]2(c4ccc(F)cc4)CN(C(=O)c4cc(C(F)(F)F)cc(C(F)(F)F)c4)CCO2)CC3)cc1. The second kappa shape index (κ2) is 32.5. The van der Waals surface area contributed by atoms with Crippen LogP contribution in [-0.4, -0.2) is 184 Å². The first-order valence-corrected chi connectivity index (χ1v) is 33.8. The number of likely N-dealkylation sites (N-methyl/N-ethyl adjacent to an activating group) is 2. The fourth-order valence-corrected chi connectivity index (χ4v) is 13.9. The second-order valence-corrected chi connectivity index (χ2v) is 26.3. The van der Waals surface area contributed by atoms with E-state index in [9.17, 15) is 54.7 Å². The molecule has 3 saturated heterocycles. The van der Waals surface area contributed by atoms with E-state index in [0.717, 1.165) is 79.7 Å². The van der Waals surface area contributed by atoms with Gasteiger partial charge in [-0.15, -0.1) is 0 Å². The lowest BCUT2D eigenvalue weighted by Crippen LogP contribution is -2.54. The Morgan fingerprint density at radius 3 is 1.99 bits per heavy atom. The lowest BCUT2D eigenvalue weighted by molar-refractivity contribution is -0.143. The molecule has 6 aromatic rings. The molecule has 1 aliphatic carbocycles. The van der Waals surface area contributed by atoms with E-state index in [2.05, 4.69) is 32.6 Å². The number of morpholine rings is 1. The number of anilines is 2. The normalized spacial score (nSPS) is 18.2. The summed E-state index contributed by atoms with van der Waals surface area (Å²) >= 11 is 0. The number of fused-ring (bicyclic) bond motifs is 2.